The third-order valence-electron chi connectivity index (χ3n) is 3.34. The minimum absolute atomic E-state index is 1.11. The van der Waals surface area contributed by atoms with Crippen molar-refractivity contribution in [2.24, 2.45) is 0 Å². The molecule has 82 valence electrons. The molecule has 15 heavy (non-hydrogen) atoms. The number of rotatable bonds is 1. The summed E-state index contributed by atoms with van der Waals surface area (Å²) in [6.45, 7) is 9.79. The Hall–Kier alpha value is -0.686. The van der Waals surface area contributed by atoms with E-state index in [1.165, 1.54) is 12.1 Å². The highest BCUT2D eigenvalue weighted by molar-refractivity contribution is 7.04. The fourth-order valence-corrected chi connectivity index (χ4v) is 16.7. The van der Waals surface area contributed by atoms with Gasteiger partial charge in [-0.15, -0.1) is 0 Å². The predicted octanol–water partition coefficient (Wildman–Crippen LogP) is 2.71. The van der Waals surface area contributed by atoms with Gasteiger partial charge in [-0.1, -0.05) is 26.2 Å². The highest BCUT2D eigenvalue weighted by Crippen LogP contribution is 2.39. The van der Waals surface area contributed by atoms with E-state index in [9.17, 15) is 0 Å². The maximum Gasteiger partial charge on any atom is 0.142 e. The van der Waals surface area contributed by atoms with Crippen molar-refractivity contribution >= 4 is 22.3 Å². The van der Waals surface area contributed by atoms with Crippen molar-refractivity contribution in [3.63, 3.8) is 0 Å². The molecule has 0 spiro atoms. The lowest BCUT2D eigenvalue weighted by atomic mass is 10.7. The van der Waals surface area contributed by atoms with Gasteiger partial charge < -0.3 is 4.23 Å². The van der Waals surface area contributed by atoms with Crippen molar-refractivity contribution in [3.05, 3.63) is 18.6 Å². The van der Waals surface area contributed by atoms with Crippen molar-refractivity contribution in [1.82, 2.24) is 9.97 Å². The first-order chi connectivity index (χ1) is 6.93. The van der Waals surface area contributed by atoms with Gasteiger partial charge in [0, 0.05) is 12.4 Å². The number of hydrogen-bond donors (Lipinski definition) is 0. The summed E-state index contributed by atoms with van der Waals surface area (Å²) in [6.07, 6.45) is 5.49. The van der Waals surface area contributed by atoms with Crippen LogP contribution in [0.25, 0.3) is 0 Å². The van der Waals surface area contributed by atoms with Crippen LogP contribution in [0, 0.1) is 0 Å². The summed E-state index contributed by atoms with van der Waals surface area (Å²) in [5.74, 6) is 1.11. The molecule has 1 aromatic rings. The molecule has 0 saturated carbocycles. The Morgan fingerprint density at radius 2 is 1.67 bits per heavy atom. The van der Waals surface area contributed by atoms with Crippen LogP contribution < -0.4 is 4.23 Å². The molecule has 1 fully saturated rings. The average molecular weight is 237 g/mol. The second-order valence-corrected chi connectivity index (χ2v) is 15.1. The average Bonchev–Trinajstić information content (AvgIpc) is 2.37. The molecular formula is C10H19N3Si2. The molecule has 2 rings (SSSR count). The van der Waals surface area contributed by atoms with Gasteiger partial charge in [-0.05, 0) is 12.1 Å². The van der Waals surface area contributed by atoms with Crippen LogP contribution in [0.5, 0.6) is 0 Å². The molecule has 1 aliphatic heterocycles. The number of aromatic nitrogens is 2. The number of nitrogens with zero attached hydrogens (tertiary/aromatic N) is 3. The minimum Gasteiger partial charge on any atom is -0.408 e. The summed E-state index contributed by atoms with van der Waals surface area (Å²) in [7, 11) is -2.51. The quantitative estimate of drug-likeness (QED) is 0.703. The largest absolute Gasteiger partial charge is 0.408 e. The van der Waals surface area contributed by atoms with Crippen LogP contribution >= 0.6 is 0 Å². The minimum atomic E-state index is -1.25. The van der Waals surface area contributed by atoms with E-state index in [0.717, 1.165) is 5.82 Å². The normalized spacial score (nSPS) is 23.1. The van der Waals surface area contributed by atoms with Gasteiger partial charge in [-0.2, -0.15) is 0 Å². The molecule has 2 heterocycles. The summed E-state index contributed by atoms with van der Waals surface area (Å²) < 4.78 is 2.67. The van der Waals surface area contributed by atoms with Gasteiger partial charge in [-0.3, -0.25) is 4.98 Å². The van der Waals surface area contributed by atoms with Crippen LogP contribution in [0.2, 0.25) is 38.3 Å². The molecule has 3 nitrogen and oxygen atoms in total. The summed E-state index contributed by atoms with van der Waals surface area (Å²) in [4.78, 5) is 8.69. The number of hydrogen-bond acceptors (Lipinski definition) is 3. The first kappa shape index (κ1) is 10.8. The topological polar surface area (TPSA) is 29.0 Å². The first-order valence-electron chi connectivity index (χ1n) is 5.50. The van der Waals surface area contributed by atoms with Crippen LogP contribution in [0.3, 0.4) is 0 Å². The van der Waals surface area contributed by atoms with E-state index < -0.39 is 16.5 Å². The van der Waals surface area contributed by atoms with E-state index in [1.807, 2.05) is 12.4 Å². The Morgan fingerprint density at radius 1 is 1.07 bits per heavy atom. The molecule has 0 N–H and O–H groups in total. The Bertz CT molecular complexity index is 335. The van der Waals surface area contributed by atoms with E-state index >= 15 is 0 Å². The third kappa shape index (κ3) is 1.85. The van der Waals surface area contributed by atoms with Crippen molar-refractivity contribution in [2.45, 2.75) is 38.3 Å². The predicted molar refractivity (Wildman–Crippen MR) is 69.1 cm³/mol. The molecule has 0 atom stereocenters. The monoisotopic (exact) mass is 237 g/mol. The highest BCUT2D eigenvalue weighted by Gasteiger charge is 2.47. The van der Waals surface area contributed by atoms with E-state index in [-0.39, 0.29) is 0 Å². The zero-order valence-corrected chi connectivity index (χ0v) is 12.0. The van der Waals surface area contributed by atoms with Gasteiger partial charge in [-0.25, -0.2) is 4.98 Å². The maximum absolute atomic E-state index is 4.48. The number of anilines is 1. The van der Waals surface area contributed by atoms with Crippen LogP contribution in [0.15, 0.2) is 18.6 Å². The smallest absolute Gasteiger partial charge is 0.142 e. The molecule has 0 amide bonds. The zero-order chi connectivity index (χ0) is 11.1. The van der Waals surface area contributed by atoms with Crippen LogP contribution in [0.4, 0.5) is 5.82 Å². The van der Waals surface area contributed by atoms with E-state index in [2.05, 4.69) is 40.4 Å². The summed E-state index contributed by atoms with van der Waals surface area (Å²) in [5.41, 5.74) is 0. The second-order valence-electron chi connectivity index (χ2n) is 5.52. The fourth-order valence-electron chi connectivity index (χ4n) is 2.68. The van der Waals surface area contributed by atoms with Crippen molar-refractivity contribution in [2.75, 3.05) is 4.23 Å². The fraction of sp³-hybridized carbons (Fsp3) is 0.600. The Labute approximate surface area is 93.7 Å². The van der Waals surface area contributed by atoms with Gasteiger partial charge in [0.25, 0.3) is 0 Å². The molecular weight excluding hydrogens is 218 g/mol. The Balaban J connectivity index is 2.42. The van der Waals surface area contributed by atoms with Gasteiger partial charge in [0.2, 0.25) is 0 Å². The summed E-state index contributed by atoms with van der Waals surface area (Å²) in [6, 6.07) is 2.81. The molecule has 0 aliphatic carbocycles. The SMILES string of the molecule is C[Si]1(C)CC[Si](C)(C)N1c1cnccn1. The lowest BCUT2D eigenvalue weighted by Gasteiger charge is -2.39. The van der Waals surface area contributed by atoms with Gasteiger partial charge in [0.15, 0.2) is 0 Å². The van der Waals surface area contributed by atoms with Crippen molar-refractivity contribution < 1.29 is 0 Å². The molecule has 0 radical (unpaired) electrons. The standard InChI is InChI=1S/C10H19N3Si2/c1-14(2)7-8-15(3,4)13(14)10-9-11-5-6-12-10/h5-6,9H,7-8H2,1-4H3. The summed E-state index contributed by atoms with van der Waals surface area (Å²) in [5, 5.41) is 0. The molecule has 1 aromatic heterocycles. The zero-order valence-electron chi connectivity index (χ0n) is 9.99. The molecule has 5 heteroatoms. The lowest BCUT2D eigenvalue weighted by molar-refractivity contribution is 1.16. The molecule has 1 aliphatic rings. The first-order valence-corrected chi connectivity index (χ1v) is 11.8. The van der Waals surface area contributed by atoms with Crippen LogP contribution in [0.1, 0.15) is 0 Å². The van der Waals surface area contributed by atoms with Crippen molar-refractivity contribution in [1.29, 1.82) is 0 Å². The highest BCUT2D eigenvalue weighted by atomic mass is 28.4. The van der Waals surface area contributed by atoms with E-state index in [1.54, 1.807) is 6.20 Å². The molecule has 0 unspecified atom stereocenters. The molecule has 0 aromatic carbocycles. The van der Waals surface area contributed by atoms with Gasteiger partial charge in [0.05, 0.1) is 6.20 Å². The van der Waals surface area contributed by atoms with Gasteiger partial charge in [0.1, 0.15) is 22.3 Å². The van der Waals surface area contributed by atoms with Crippen molar-refractivity contribution in [3.8, 4) is 0 Å². The van der Waals surface area contributed by atoms with E-state index in [4.69, 9.17) is 0 Å². The maximum atomic E-state index is 4.48. The second kappa shape index (κ2) is 3.41. The lowest BCUT2D eigenvalue weighted by Crippen LogP contribution is -2.55. The molecule has 1 saturated heterocycles. The Morgan fingerprint density at radius 3 is 2.13 bits per heavy atom. The Kier molecular flexibility index (Phi) is 2.46. The van der Waals surface area contributed by atoms with E-state index in [0.29, 0.717) is 0 Å². The third-order valence-corrected chi connectivity index (χ3v) is 13.3. The van der Waals surface area contributed by atoms with Crippen LogP contribution in [-0.2, 0) is 0 Å². The van der Waals surface area contributed by atoms with Crippen LogP contribution in [-0.4, -0.2) is 26.4 Å². The summed E-state index contributed by atoms with van der Waals surface area (Å²) >= 11 is 0. The molecule has 0 bridgehead atoms. The van der Waals surface area contributed by atoms with Gasteiger partial charge >= 0.3 is 0 Å².